The molecule has 0 unspecified atom stereocenters. The first-order chi connectivity index (χ1) is 10.6. The van der Waals surface area contributed by atoms with Crippen LogP contribution in [0.4, 0.5) is 5.69 Å². The smallest absolute Gasteiger partial charge is 0.257 e. The number of nitrogens with zero attached hydrogens (tertiary/aromatic N) is 2. The highest BCUT2D eigenvalue weighted by atomic mass is 16.1. The van der Waals surface area contributed by atoms with Crippen LogP contribution in [0.15, 0.2) is 30.5 Å². The summed E-state index contributed by atoms with van der Waals surface area (Å²) >= 11 is 0. The molecule has 3 aromatic rings. The van der Waals surface area contributed by atoms with Crippen LogP contribution in [0, 0.1) is 13.8 Å². The molecular formula is C17H18N4O. The van der Waals surface area contributed by atoms with Crippen molar-refractivity contribution in [3.63, 3.8) is 0 Å². The summed E-state index contributed by atoms with van der Waals surface area (Å²) in [5, 5.41) is 10.9. The van der Waals surface area contributed by atoms with Gasteiger partial charge in [0, 0.05) is 28.5 Å². The zero-order valence-electron chi connectivity index (χ0n) is 12.7. The first kappa shape index (κ1) is 13.1. The van der Waals surface area contributed by atoms with Crippen molar-refractivity contribution < 1.29 is 4.79 Å². The predicted octanol–water partition coefficient (Wildman–Crippen LogP) is 3.57. The summed E-state index contributed by atoms with van der Waals surface area (Å²) in [4.78, 5) is 12.6. The molecule has 5 nitrogen and oxygen atoms in total. The molecule has 22 heavy (non-hydrogen) atoms. The van der Waals surface area contributed by atoms with Gasteiger partial charge in [0.15, 0.2) is 0 Å². The molecule has 1 saturated carbocycles. The number of aromatic amines is 1. The average Bonchev–Trinajstić information content (AvgIpc) is 3.12. The van der Waals surface area contributed by atoms with E-state index in [-0.39, 0.29) is 5.91 Å². The summed E-state index contributed by atoms with van der Waals surface area (Å²) in [5.41, 5.74) is 4.67. The van der Waals surface area contributed by atoms with Gasteiger partial charge in [0.25, 0.3) is 5.91 Å². The number of carbonyl (C=O) groups is 1. The van der Waals surface area contributed by atoms with E-state index in [9.17, 15) is 4.79 Å². The van der Waals surface area contributed by atoms with Gasteiger partial charge in [-0.1, -0.05) is 0 Å². The van der Waals surface area contributed by atoms with Gasteiger partial charge < -0.3 is 9.88 Å². The van der Waals surface area contributed by atoms with Gasteiger partial charge in [-0.2, -0.15) is 5.10 Å². The lowest BCUT2D eigenvalue weighted by molar-refractivity contribution is 0.102. The number of benzene rings is 1. The first-order valence-electron chi connectivity index (χ1n) is 7.56. The molecular weight excluding hydrogens is 276 g/mol. The van der Waals surface area contributed by atoms with Crippen LogP contribution in [-0.4, -0.2) is 20.7 Å². The van der Waals surface area contributed by atoms with Crippen LogP contribution in [0.3, 0.4) is 0 Å². The van der Waals surface area contributed by atoms with E-state index in [1.165, 1.54) is 12.8 Å². The topological polar surface area (TPSA) is 62.7 Å². The number of hydrogen-bond donors (Lipinski definition) is 2. The molecule has 0 atom stereocenters. The van der Waals surface area contributed by atoms with Crippen molar-refractivity contribution in [1.29, 1.82) is 0 Å². The Morgan fingerprint density at radius 2 is 2.14 bits per heavy atom. The van der Waals surface area contributed by atoms with E-state index in [1.807, 2.05) is 31.2 Å². The Kier molecular flexibility index (Phi) is 2.82. The summed E-state index contributed by atoms with van der Waals surface area (Å²) in [6.07, 6.45) is 4.20. The molecule has 2 N–H and O–H groups in total. The molecule has 112 valence electrons. The maximum absolute atomic E-state index is 12.6. The Morgan fingerprint density at radius 1 is 1.32 bits per heavy atom. The molecule has 0 spiro atoms. The number of fused-ring (bicyclic) bond motifs is 1. The minimum atomic E-state index is -0.0566. The maximum Gasteiger partial charge on any atom is 0.257 e. The van der Waals surface area contributed by atoms with Crippen molar-refractivity contribution >= 4 is 22.5 Å². The Labute approximate surface area is 128 Å². The van der Waals surface area contributed by atoms with Crippen molar-refractivity contribution in [2.75, 3.05) is 5.32 Å². The van der Waals surface area contributed by atoms with E-state index in [0.29, 0.717) is 6.04 Å². The van der Waals surface area contributed by atoms with Crippen molar-refractivity contribution in [2.24, 2.45) is 0 Å². The van der Waals surface area contributed by atoms with Gasteiger partial charge in [0.05, 0.1) is 17.3 Å². The van der Waals surface area contributed by atoms with Gasteiger partial charge in [-0.15, -0.1) is 0 Å². The summed E-state index contributed by atoms with van der Waals surface area (Å²) in [6, 6.07) is 8.32. The number of H-pyrrole nitrogens is 1. The Balaban J connectivity index is 1.62. The fourth-order valence-electron chi connectivity index (χ4n) is 3.11. The molecule has 5 heteroatoms. The van der Waals surface area contributed by atoms with Crippen LogP contribution < -0.4 is 5.32 Å². The van der Waals surface area contributed by atoms with Crippen LogP contribution in [0.5, 0.6) is 0 Å². The lowest BCUT2D eigenvalue weighted by Crippen LogP contribution is -2.13. The fraction of sp³-hybridized carbons (Fsp3) is 0.294. The third kappa shape index (κ3) is 2.09. The normalized spacial score (nSPS) is 14.5. The third-order valence-corrected chi connectivity index (χ3v) is 4.34. The van der Waals surface area contributed by atoms with Crippen LogP contribution in [0.2, 0.25) is 0 Å². The molecule has 1 amide bonds. The van der Waals surface area contributed by atoms with E-state index in [2.05, 4.69) is 27.0 Å². The van der Waals surface area contributed by atoms with Crippen LogP contribution >= 0.6 is 0 Å². The van der Waals surface area contributed by atoms with E-state index in [1.54, 1.807) is 6.20 Å². The Morgan fingerprint density at radius 3 is 2.91 bits per heavy atom. The minimum absolute atomic E-state index is 0.0566. The predicted molar refractivity (Wildman–Crippen MR) is 86.2 cm³/mol. The van der Waals surface area contributed by atoms with Crippen molar-refractivity contribution in [3.05, 3.63) is 47.4 Å². The molecule has 2 aromatic heterocycles. The number of aryl methyl sites for hydroxylation is 1. The summed E-state index contributed by atoms with van der Waals surface area (Å²) in [6.45, 7) is 4.09. The standard InChI is InChI=1S/C17H18N4O/c1-10-7-15(11(2)21(10)14-5-6-14)17(22)19-13-4-3-12-9-18-20-16(12)8-13/h3-4,7-9,14H,5-6H2,1-2H3,(H,18,20)(H,19,22). The highest BCUT2D eigenvalue weighted by Gasteiger charge is 2.28. The largest absolute Gasteiger partial charge is 0.345 e. The Bertz CT molecular complexity index is 870. The summed E-state index contributed by atoms with van der Waals surface area (Å²) < 4.78 is 2.28. The number of aromatic nitrogens is 3. The van der Waals surface area contributed by atoms with Crippen molar-refractivity contribution in [1.82, 2.24) is 14.8 Å². The SMILES string of the molecule is Cc1cc(C(=O)Nc2ccc3cn[nH]c3c2)c(C)n1C1CC1. The summed E-state index contributed by atoms with van der Waals surface area (Å²) in [5.74, 6) is -0.0566. The number of hydrogen-bond acceptors (Lipinski definition) is 2. The summed E-state index contributed by atoms with van der Waals surface area (Å²) in [7, 11) is 0. The number of amides is 1. The number of rotatable bonds is 3. The van der Waals surface area contributed by atoms with Crippen LogP contribution in [-0.2, 0) is 0 Å². The van der Waals surface area contributed by atoms with Crippen molar-refractivity contribution in [3.8, 4) is 0 Å². The van der Waals surface area contributed by atoms with Crippen molar-refractivity contribution in [2.45, 2.75) is 32.7 Å². The zero-order chi connectivity index (χ0) is 15.3. The molecule has 4 rings (SSSR count). The molecule has 1 fully saturated rings. The molecule has 2 heterocycles. The third-order valence-electron chi connectivity index (χ3n) is 4.34. The quantitative estimate of drug-likeness (QED) is 0.775. The van der Waals surface area contributed by atoms with Gasteiger partial charge in [-0.3, -0.25) is 9.89 Å². The maximum atomic E-state index is 12.6. The van der Waals surface area contributed by atoms with Crippen LogP contribution in [0.1, 0.15) is 40.6 Å². The second-order valence-electron chi connectivity index (χ2n) is 6.01. The number of nitrogens with one attached hydrogen (secondary N) is 2. The average molecular weight is 294 g/mol. The van der Waals surface area contributed by atoms with Gasteiger partial charge in [-0.05, 0) is 51.0 Å². The first-order valence-corrected chi connectivity index (χ1v) is 7.56. The highest BCUT2D eigenvalue weighted by Crippen LogP contribution is 2.38. The Hall–Kier alpha value is -2.56. The van der Waals surface area contributed by atoms with Gasteiger partial charge in [0.1, 0.15) is 0 Å². The van der Waals surface area contributed by atoms with E-state index in [4.69, 9.17) is 0 Å². The molecule has 0 saturated heterocycles. The molecule has 0 aliphatic heterocycles. The van der Waals surface area contributed by atoms with E-state index >= 15 is 0 Å². The lowest BCUT2D eigenvalue weighted by Gasteiger charge is -2.08. The lowest BCUT2D eigenvalue weighted by atomic mass is 10.2. The fourth-order valence-corrected chi connectivity index (χ4v) is 3.11. The second kappa shape index (κ2) is 4.73. The van der Waals surface area contributed by atoms with Gasteiger partial charge in [0.2, 0.25) is 0 Å². The van der Waals surface area contributed by atoms with Crippen LogP contribution in [0.25, 0.3) is 10.9 Å². The molecule has 0 radical (unpaired) electrons. The van der Waals surface area contributed by atoms with Gasteiger partial charge in [-0.25, -0.2) is 0 Å². The van der Waals surface area contributed by atoms with Gasteiger partial charge >= 0.3 is 0 Å². The van der Waals surface area contributed by atoms with E-state index in [0.717, 1.165) is 33.5 Å². The zero-order valence-corrected chi connectivity index (χ0v) is 12.7. The van der Waals surface area contributed by atoms with E-state index < -0.39 is 0 Å². The molecule has 1 aromatic carbocycles. The number of anilines is 1. The molecule has 0 bridgehead atoms. The number of carbonyl (C=O) groups excluding carboxylic acids is 1. The highest BCUT2D eigenvalue weighted by molar-refractivity contribution is 6.06. The molecule has 1 aliphatic carbocycles. The second-order valence-corrected chi connectivity index (χ2v) is 6.01. The monoisotopic (exact) mass is 294 g/mol. The minimum Gasteiger partial charge on any atom is -0.345 e. The molecule has 1 aliphatic rings.